The molecule has 0 aliphatic carbocycles. The molecule has 0 radical (unpaired) electrons. The lowest BCUT2D eigenvalue weighted by Crippen LogP contribution is -2.22. The summed E-state index contributed by atoms with van der Waals surface area (Å²) >= 11 is 1.90. The average Bonchev–Trinajstić information content (AvgIpc) is 2.35. The summed E-state index contributed by atoms with van der Waals surface area (Å²) in [4.78, 5) is 2.39. The van der Waals surface area contributed by atoms with Gasteiger partial charge < -0.3 is 10.2 Å². The maximum atomic E-state index is 3.40. The van der Waals surface area contributed by atoms with Crippen molar-refractivity contribution in [3.8, 4) is 0 Å². The van der Waals surface area contributed by atoms with E-state index in [1.165, 1.54) is 16.9 Å². The van der Waals surface area contributed by atoms with Gasteiger partial charge in [-0.1, -0.05) is 31.2 Å². The highest BCUT2D eigenvalue weighted by molar-refractivity contribution is 7.98. The molecule has 17 heavy (non-hydrogen) atoms. The second-order valence-electron chi connectivity index (χ2n) is 4.28. The third kappa shape index (κ3) is 5.57. The molecule has 3 heteroatoms. The lowest BCUT2D eigenvalue weighted by molar-refractivity contribution is 0.347. The van der Waals surface area contributed by atoms with Crippen LogP contribution in [-0.2, 0) is 13.1 Å². The fourth-order valence-corrected chi connectivity index (χ4v) is 2.26. The Morgan fingerprint density at radius 1 is 1.24 bits per heavy atom. The molecule has 0 saturated carbocycles. The molecular weight excluding hydrogens is 228 g/mol. The van der Waals surface area contributed by atoms with Gasteiger partial charge in [-0.3, -0.25) is 0 Å². The summed E-state index contributed by atoms with van der Waals surface area (Å²) in [5.74, 6) is 1.20. The highest BCUT2D eigenvalue weighted by atomic mass is 32.2. The highest BCUT2D eigenvalue weighted by Crippen LogP contribution is 2.11. The van der Waals surface area contributed by atoms with E-state index >= 15 is 0 Å². The van der Waals surface area contributed by atoms with E-state index in [2.05, 4.69) is 54.7 Å². The van der Waals surface area contributed by atoms with Crippen LogP contribution in [0.2, 0.25) is 0 Å². The van der Waals surface area contributed by atoms with Crippen LogP contribution < -0.4 is 5.32 Å². The highest BCUT2D eigenvalue weighted by Gasteiger charge is 2.04. The molecule has 0 amide bonds. The molecule has 0 saturated heterocycles. The third-order valence-corrected chi connectivity index (χ3v) is 3.39. The second-order valence-corrected chi connectivity index (χ2v) is 5.27. The summed E-state index contributed by atoms with van der Waals surface area (Å²) < 4.78 is 0. The van der Waals surface area contributed by atoms with Gasteiger partial charge in [-0.2, -0.15) is 11.8 Å². The number of hydrogen-bond acceptors (Lipinski definition) is 3. The lowest BCUT2D eigenvalue weighted by atomic mass is 10.1. The normalized spacial score (nSPS) is 11.1. The summed E-state index contributed by atoms with van der Waals surface area (Å²) in [6.45, 7) is 6.34. The number of nitrogens with one attached hydrogen (secondary N) is 1. The molecule has 1 aromatic rings. The van der Waals surface area contributed by atoms with E-state index < -0.39 is 0 Å². The van der Waals surface area contributed by atoms with E-state index in [9.17, 15) is 0 Å². The van der Waals surface area contributed by atoms with Gasteiger partial charge in [0, 0.05) is 25.4 Å². The van der Waals surface area contributed by atoms with Crippen LogP contribution in [0.3, 0.4) is 0 Å². The molecule has 0 aromatic heterocycles. The van der Waals surface area contributed by atoms with Crippen molar-refractivity contribution < 1.29 is 0 Å². The minimum atomic E-state index is 0.975. The Morgan fingerprint density at radius 2 is 1.94 bits per heavy atom. The van der Waals surface area contributed by atoms with Crippen molar-refractivity contribution in [2.24, 2.45) is 0 Å². The van der Waals surface area contributed by atoms with E-state index in [1.807, 2.05) is 11.8 Å². The van der Waals surface area contributed by atoms with Gasteiger partial charge in [0.2, 0.25) is 0 Å². The summed E-state index contributed by atoms with van der Waals surface area (Å²) in [6, 6.07) is 8.72. The van der Waals surface area contributed by atoms with Gasteiger partial charge in [0.25, 0.3) is 0 Å². The number of hydrogen-bond donors (Lipinski definition) is 1. The maximum Gasteiger partial charge on any atom is 0.0234 e. The molecule has 96 valence electrons. The minimum absolute atomic E-state index is 0.975. The third-order valence-electron chi connectivity index (χ3n) is 2.80. The molecule has 0 bridgehead atoms. The van der Waals surface area contributed by atoms with Crippen LogP contribution in [0.15, 0.2) is 24.3 Å². The zero-order valence-corrected chi connectivity index (χ0v) is 12.0. The van der Waals surface area contributed by atoms with Gasteiger partial charge in [0.1, 0.15) is 0 Å². The number of benzene rings is 1. The number of rotatable bonds is 8. The first-order chi connectivity index (χ1) is 8.27. The molecular formula is C14H24N2S. The monoisotopic (exact) mass is 252 g/mol. The van der Waals surface area contributed by atoms with Crippen molar-refractivity contribution in [3.05, 3.63) is 35.4 Å². The van der Waals surface area contributed by atoms with Crippen LogP contribution in [0, 0.1) is 0 Å². The molecule has 0 unspecified atom stereocenters. The Kier molecular flexibility index (Phi) is 7.33. The average molecular weight is 252 g/mol. The first kappa shape index (κ1) is 14.6. The Bertz CT molecular complexity index is 315. The van der Waals surface area contributed by atoms with Gasteiger partial charge in [-0.05, 0) is 31.0 Å². The van der Waals surface area contributed by atoms with Crippen molar-refractivity contribution >= 4 is 11.8 Å². The second kappa shape index (κ2) is 8.56. The molecule has 1 aromatic carbocycles. The van der Waals surface area contributed by atoms with Crippen molar-refractivity contribution in [2.45, 2.75) is 20.0 Å². The predicted molar refractivity (Wildman–Crippen MR) is 78.5 cm³/mol. The van der Waals surface area contributed by atoms with Gasteiger partial charge in [0.05, 0.1) is 0 Å². The van der Waals surface area contributed by atoms with Crippen molar-refractivity contribution in [1.29, 1.82) is 0 Å². The molecule has 1 rings (SSSR count). The molecule has 0 aliphatic rings. The molecule has 1 N–H and O–H groups in total. The summed E-state index contributed by atoms with van der Waals surface area (Å²) in [5, 5.41) is 3.40. The Morgan fingerprint density at radius 3 is 2.59 bits per heavy atom. The molecule has 0 atom stereocenters. The smallest absolute Gasteiger partial charge is 0.0234 e. The van der Waals surface area contributed by atoms with Gasteiger partial charge >= 0.3 is 0 Å². The zero-order chi connectivity index (χ0) is 12.5. The Balaban J connectivity index is 2.56. The maximum absolute atomic E-state index is 3.40. The fourth-order valence-electron chi connectivity index (χ4n) is 1.76. The van der Waals surface area contributed by atoms with E-state index in [4.69, 9.17) is 0 Å². The number of nitrogens with zero attached hydrogens (tertiary/aromatic N) is 1. The largest absolute Gasteiger partial charge is 0.313 e. The summed E-state index contributed by atoms with van der Waals surface area (Å²) in [5.41, 5.74) is 2.86. The van der Waals surface area contributed by atoms with E-state index in [-0.39, 0.29) is 0 Å². The van der Waals surface area contributed by atoms with Crippen molar-refractivity contribution in [1.82, 2.24) is 10.2 Å². The molecule has 0 heterocycles. The van der Waals surface area contributed by atoms with Crippen LogP contribution in [0.4, 0.5) is 0 Å². The topological polar surface area (TPSA) is 15.3 Å². The Labute approximate surface area is 110 Å². The van der Waals surface area contributed by atoms with Gasteiger partial charge in [0.15, 0.2) is 0 Å². The quantitative estimate of drug-likeness (QED) is 0.765. The summed E-state index contributed by atoms with van der Waals surface area (Å²) in [7, 11) is 2.19. The molecule has 0 aliphatic heterocycles. The standard InChI is InChI=1S/C14H24N2S/c1-4-15-11-13-7-5-6-8-14(13)12-16(2)9-10-17-3/h5-8,15H,4,9-12H2,1-3H3. The number of thioether (sulfide) groups is 1. The van der Waals surface area contributed by atoms with Gasteiger partial charge in [-0.15, -0.1) is 0 Å². The van der Waals surface area contributed by atoms with Crippen LogP contribution in [0.25, 0.3) is 0 Å². The lowest BCUT2D eigenvalue weighted by Gasteiger charge is -2.18. The fraction of sp³-hybridized carbons (Fsp3) is 0.571. The predicted octanol–water partition coefficient (Wildman–Crippen LogP) is 2.59. The summed E-state index contributed by atoms with van der Waals surface area (Å²) in [6.07, 6.45) is 2.16. The first-order valence-electron chi connectivity index (χ1n) is 6.23. The van der Waals surface area contributed by atoms with Crippen molar-refractivity contribution in [2.75, 3.05) is 32.1 Å². The SMILES string of the molecule is CCNCc1ccccc1CN(C)CCSC. The van der Waals surface area contributed by atoms with Crippen LogP contribution in [-0.4, -0.2) is 37.0 Å². The van der Waals surface area contributed by atoms with Gasteiger partial charge in [-0.25, -0.2) is 0 Å². The van der Waals surface area contributed by atoms with E-state index in [1.54, 1.807) is 0 Å². The minimum Gasteiger partial charge on any atom is -0.313 e. The molecule has 2 nitrogen and oxygen atoms in total. The van der Waals surface area contributed by atoms with Crippen LogP contribution >= 0.6 is 11.8 Å². The molecule has 0 spiro atoms. The van der Waals surface area contributed by atoms with Crippen LogP contribution in [0.5, 0.6) is 0 Å². The van der Waals surface area contributed by atoms with E-state index in [0.717, 1.165) is 26.2 Å². The van der Waals surface area contributed by atoms with E-state index in [0.29, 0.717) is 0 Å². The van der Waals surface area contributed by atoms with Crippen molar-refractivity contribution in [3.63, 3.8) is 0 Å². The first-order valence-corrected chi connectivity index (χ1v) is 7.62. The molecule has 0 fully saturated rings. The zero-order valence-electron chi connectivity index (χ0n) is 11.2. The Hall–Kier alpha value is -0.510. The van der Waals surface area contributed by atoms with Crippen LogP contribution in [0.1, 0.15) is 18.1 Å².